The lowest BCUT2D eigenvalue weighted by atomic mass is 9.75. The Morgan fingerprint density at radius 3 is 2.84 bits per heavy atom. The van der Waals surface area contributed by atoms with Crippen LogP contribution in [0.4, 0.5) is 0 Å². The van der Waals surface area contributed by atoms with Gasteiger partial charge in [-0.3, -0.25) is 4.79 Å². The Bertz CT molecular complexity index is 479. The molecule has 3 heteroatoms. The summed E-state index contributed by atoms with van der Waals surface area (Å²) in [7, 11) is 0. The number of carbonyl (C=O) groups excluding carboxylic acids is 1. The van der Waals surface area contributed by atoms with E-state index in [1.807, 2.05) is 12.1 Å². The molecule has 0 aromatic heterocycles. The normalized spacial score (nSPS) is 24.2. The third-order valence-corrected chi connectivity index (χ3v) is 4.43. The van der Waals surface area contributed by atoms with Gasteiger partial charge in [0.05, 0.1) is 6.42 Å². The highest BCUT2D eigenvalue weighted by Gasteiger charge is 2.36. The van der Waals surface area contributed by atoms with E-state index in [4.69, 9.17) is 10.5 Å². The topological polar surface area (TPSA) is 52.3 Å². The highest BCUT2D eigenvalue weighted by Crippen LogP contribution is 2.35. The Morgan fingerprint density at radius 2 is 2.11 bits per heavy atom. The van der Waals surface area contributed by atoms with Gasteiger partial charge in [0.1, 0.15) is 6.10 Å². The van der Waals surface area contributed by atoms with E-state index in [-0.39, 0.29) is 17.6 Å². The minimum atomic E-state index is -0.286. The van der Waals surface area contributed by atoms with Crippen molar-refractivity contribution < 1.29 is 9.53 Å². The molecule has 0 saturated heterocycles. The molecule has 0 amide bonds. The summed E-state index contributed by atoms with van der Waals surface area (Å²) < 4.78 is 5.67. The zero-order valence-electron chi connectivity index (χ0n) is 11.2. The van der Waals surface area contributed by atoms with E-state index in [0.717, 1.165) is 38.5 Å². The Kier molecular flexibility index (Phi) is 3.31. The molecule has 1 saturated carbocycles. The third-order valence-electron chi connectivity index (χ3n) is 4.43. The van der Waals surface area contributed by atoms with Crippen molar-refractivity contribution >= 4 is 5.97 Å². The molecule has 2 N–H and O–H groups in total. The SMILES string of the molecule is NC1(CC(=O)OC2CCCc3ccccc32)CCC1. The summed E-state index contributed by atoms with van der Waals surface area (Å²) in [6.45, 7) is 0. The van der Waals surface area contributed by atoms with E-state index in [2.05, 4.69) is 12.1 Å². The number of rotatable bonds is 3. The molecule has 0 aliphatic heterocycles. The van der Waals surface area contributed by atoms with E-state index in [1.165, 1.54) is 11.1 Å². The smallest absolute Gasteiger partial charge is 0.308 e. The number of hydrogen-bond donors (Lipinski definition) is 1. The minimum Gasteiger partial charge on any atom is -0.457 e. The molecule has 1 unspecified atom stereocenters. The molecule has 0 spiro atoms. The van der Waals surface area contributed by atoms with Crippen LogP contribution < -0.4 is 5.73 Å². The number of ether oxygens (including phenoxy) is 1. The Hall–Kier alpha value is -1.35. The first-order chi connectivity index (χ1) is 9.16. The Morgan fingerprint density at radius 1 is 1.32 bits per heavy atom. The summed E-state index contributed by atoms with van der Waals surface area (Å²) >= 11 is 0. The van der Waals surface area contributed by atoms with Crippen molar-refractivity contribution in [2.24, 2.45) is 5.73 Å². The predicted molar refractivity (Wildman–Crippen MR) is 73.6 cm³/mol. The Labute approximate surface area is 114 Å². The van der Waals surface area contributed by atoms with Crippen molar-refractivity contribution in [3.05, 3.63) is 35.4 Å². The van der Waals surface area contributed by atoms with Crippen LogP contribution in [0.15, 0.2) is 24.3 Å². The first-order valence-electron chi connectivity index (χ1n) is 7.22. The first kappa shape index (κ1) is 12.7. The lowest BCUT2D eigenvalue weighted by Crippen LogP contribution is -2.48. The van der Waals surface area contributed by atoms with Crippen molar-refractivity contribution in [2.75, 3.05) is 0 Å². The number of benzene rings is 1. The van der Waals surface area contributed by atoms with Crippen LogP contribution in [0.25, 0.3) is 0 Å². The van der Waals surface area contributed by atoms with E-state index >= 15 is 0 Å². The van der Waals surface area contributed by atoms with Gasteiger partial charge in [0.25, 0.3) is 0 Å². The molecular weight excluding hydrogens is 238 g/mol. The molecule has 0 radical (unpaired) electrons. The Balaban J connectivity index is 1.66. The standard InChI is InChI=1S/C16H21NO2/c17-16(9-4-10-16)11-15(18)19-14-8-3-6-12-5-1-2-7-13(12)14/h1-2,5,7,14H,3-4,6,8-11,17H2. The van der Waals surface area contributed by atoms with Gasteiger partial charge in [0.2, 0.25) is 0 Å². The van der Waals surface area contributed by atoms with Crippen LogP contribution in [-0.2, 0) is 16.0 Å². The number of carbonyl (C=O) groups is 1. The number of fused-ring (bicyclic) bond motifs is 1. The molecule has 102 valence electrons. The number of hydrogen-bond acceptors (Lipinski definition) is 3. The van der Waals surface area contributed by atoms with Crippen LogP contribution in [0.1, 0.15) is 55.8 Å². The minimum absolute atomic E-state index is 0.0684. The molecule has 2 aliphatic carbocycles. The summed E-state index contributed by atoms with van der Waals surface area (Å²) in [5.41, 5.74) is 8.32. The fraction of sp³-hybridized carbons (Fsp3) is 0.562. The third kappa shape index (κ3) is 2.66. The van der Waals surface area contributed by atoms with E-state index < -0.39 is 0 Å². The molecule has 1 aromatic carbocycles. The molecule has 19 heavy (non-hydrogen) atoms. The van der Waals surface area contributed by atoms with Crippen molar-refractivity contribution in [1.29, 1.82) is 0 Å². The van der Waals surface area contributed by atoms with Crippen LogP contribution >= 0.6 is 0 Å². The van der Waals surface area contributed by atoms with E-state index in [9.17, 15) is 4.79 Å². The summed E-state index contributed by atoms with van der Waals surface area (Å²) in [5.74, 6) is -0.135. The van der Waals surface area contributed by atoms with Crippen molar-refractivity contribution in [1.82, 2.24) is 0 Å². The molecule has 1 aromatic rings. The lowest BCUT2D eigenvalue weighted by molar-refractivity contribution is -0.152. The molecule has 2 aliphatic rings. The van der Waals surface area contributed by atoms with E-state index in [0.29, 0.717) is 6.42 Å². The zero-order valence-corrected chi connectivity index (χ0v) is 11.2. The highest BCUT2D eigenvalue weighted by molar-refractivity contribution is 5.71. The van der Waals surface area contributed by atoms with E-state index in [1.54, 1.807) is 0 Å². The summed E-state index contributed by atoms with van der Waals surface area (Å²) in [6, 6.07) is 8.27. The van der Waals surface area contributed by atoms with Gasteiger partial charge >= 0.3 is 5.97 Å². The summed E-state index contributed by atoms with van der Waals surface area (Å²) in [4.78, 5) is 12.0. The molecule has 0 heterocycles. The number of esters is 1. The number of nitrogens with two attached hydrogens (primary N) is 1. The second kappa shape index (κ2) is 4.97. The van der Waals surface area contributed by atoms with Gasteiger partial charge in [-0.25, -0.2) is 0 Å². The largest absolute Gasteiger partial charge is 0.457 e. The van der Waals surface area contributed by atoms with Gasteiger partial charge in [0.15, 0.2) is 0 Å². The molecule has 1 atom stereocenters. The second-order valence-electron chi connectivity index (χ2n) is 5.96. The molecule has 1 fully saturated rings. The molecular formula is C16H21NO2. The molecule has 0 bridgehead atoms. The van der Waals surface area contributed by atoms with Gasteiger partial charge < -0.3 is 10.5 Å². The fourth-order valence-electron chi connectivity index (χ4n) is 3.13. The van der Waals surface area contributed by atoms with Crippen molar-refractivity contribution in [3.8, 4) is 0 Å². The van der Waals surface area contributed by atoms with Gasteiger partial charge in [-0.1, -0.05) is 24.3 Å². The second-order valence-corrected chi connectivity index (χ2v) is 5.96. The van der Waals surface area contributed by atoms with Gasteiger partial charge in [-0.2, -0.15) is 0 Å². The zero-order chi connectivity index (χ0) is 13.3. The highest BCUT2D eigenvalue weighted by atomic mass is 16.5. The molecule has 3 rings (SSSR count). The summed E-state index contributed by atoms with van der Waals surface area (Å²) in [6.07, 6.45) is 6.43. The van der Waals surface area contributed by atoms with Gasteiger partial charge in [-0.15, -0.1) is 0 Å². The maximum atomic E-state index is 12.0. The van der Waals surface area contributed by atoms with Crippen LogP contribution in [0, 0.1) is 0 Å². The quantitative estimate of drug-likeness (QED) is 0.849. The van der Waals surface area contributed by atoms with Gasteiger partial charge in [-0.05, 0) is 49.7 Å². The lowest BCUT2D eigenvalue weighted by Gasteiger charge is -2.37. The van der Waals surface area contributed by atoms with Crippen LogP contribution in [0.5, 0.6) is 0 Å². The van der Waals surface area contributed by atoms with Crippen molar-refractivity contribution in [3.63, 3.8) is 0 Å². The van der Waals surface area contributed by atoms with Crippen LogP contribution in [0.3, 0.4) is 0 Å². The molecule has 3 nitrogen and oxygen atoms in total. The maximum Gasteiger partial charge on any atom is 0.308 e. The average molecular weight is 259 g/mol. The number of aryl methyl sites for hydroxylation is 1. The van der Waals surface area contributed by atoms with Gasteiger partial charge in [0, 0.05) is 5.54 Å². The average Bonchev–Trinajstić information content (AvgIpc) is 2.37. The monoisotopic (exact) mass is 259 g/mol. The fourth-order valence-corrected chi connectivity index (χ4v) is 3.13. The maximum absolute atomic E-state index is 12.0. The summed E-state index contributed by atoms with van der Waals surface area (Å²) in [5, 5.41) is 0. The first-order valence-corrected chi connectivity index (χ1v) is 7.22. The van der Waals surface area contributed by atoms with Crippen molar-refractivity contribution in [2.45, 2.75) is 56.6 Å². The van der Waals surface area contributed by atoms with Crippen LogP contribution in [0.2, 0.25) is 0 Å². The predicted octanol–water partition coefficient (Wildman–Crippen LogP) is 2.88. The van der Waals surface area contributed by atoms with Crippen LogP contribution in [-0.4, -0.2) is 11.5 Å².